The molecule has 1 heterocycles. The maximum Gasteiger partial charge on any atom is 0.126 e. The standard InChI is InChI=1S/C14H16ClN3O/c15-11-4-10(13-7-17-18-14(13)16)5-12(6-11)19-8-9-2-1-3-9/h4-7,9H,1-3,8H2,(H3,16,17,18). The predicted octanol–water partition coefficient (Wildman–Crippen LogP) is 3.49. The van der Waals surface area contributed by atoms with Crippen molar-refractivity contribution in [3.63, 3.8) is 0 Å². The molecule has 5 heteroatoms. The molecule has 0 unspecified atom stereocenters. The Morgan fingerprint density at radius 3 is 2.84 bits per heavy atom. The summed E-state index contributed by atoms with van der Waals surface area (Å²) in [5, 5.41) is 7.28. The smallest absolute Gasteiger partial charge is 0.126 e. The second-order valence-corrected chi connectivity index (χ2v) is 5.42. The fourth-order valence-corrected chi connectivity index (χ4v) is 2.43. The Labute approximate surface area is 116 Å². The van der Waals surface area contributed by atoms with E-state index in [9.17, 15) is 0 Å². The molecule has 19 heavy (non-hydrogen) atoms. The lowest BCUT2D eigenvalue weighted by atomic mass is 9.86. The van der Waals surface area contributed by atoms with Crippen LogP contribution in [-0.4, -0.2) is 16.8 Å². The summed E-state index contributed by atoms with van der Waals surface area (Å²) < 4.78 is 5.81. The van der Waals surface area contributed by atoms with Crippen LogP contribution in [0.2, 0.25) is 5.02 Å². The Bertz CT molecular complexity index is 578. The van der Waals surface area contributed by atoms with Gasteiger partial charge >= 0.3 is 0 Å². The number of anilines is 1. The molecule has 0 spiro atoms. The minimum Gasteiger partial charge on any atom is -0.493 e. The zero-order valence-electron chi connectivity index (χ0n) is 10.5. The van der Waals surface area contributed by atoms with Crippen LogP contribution in [-0.2, 0) is 0 Å². The lowest BCUT2D eigenvalue weighted by Gasteiger charge is -2.25. The summed E-state index contributed by atoms with van der Waals surface area (Å²) in [5.74, 6) is 2.02. The second kappa shape index (κ2) is 5.13. The number of aromatic amines is 1. The van der Waals surface area contributed by atoms with Crippen molar-refractivity contribution in [2.24, 2.45) is 5.92 Å². The normalized spacial score (nSPS) is 15.2. The van der Waals surface area contributed by atoms with Crippen molar-refractivity contribution < 1.29 is 4.74 Å². The first-order chi connectivity index (χ1) is 9.22. The van der Waals surface area contributed by atoms with Crippen LogP contribution >= 0.6 is 11.6 Å². The van der Waals surface area contributed by atoms with Crippen molar-refractivity contribution in [1.29, 1.82) is 0 Å². The maximum absolute atomic E-state index is 6.13. The lowest BCUT2D eigenvalue weighted by Crippen LogP contribution is -2.19. The fourth-order valence-electron chi connectivity index (χ4n) is 2.20. The second-order valence-electron chi connectivity index (χ2n) is 4.98. The average Bonchev–Trinajstić information content (AvgIpc) is 2.73. The number of nitrogens with one attached hydrogen (secondary N) is 1. The number of hydrogen-bond donors (Lipinski definition) is 2. The Kier molecular flexibility index (Phi) is 3.34. The molecule has 0 radical (unpaired) electrons. The van der Waals surface area contributed by atoms with E-state index >= 15 is 0 Å². The van der Waals surface area contributed by atoms with Gasteiger partial charge in [0.15, 0.2) is 0 Å². The maximum atomic E-state index is 6.13. The number of halogens is 1. The van der Waals surface area contributed by atoms with E-state index in [-0.39, 0.29) is 0 Å². The van der Waals surface area contributed by atoms with Crippen molar-refractivity contribution >= 4 is 17.4 Å². The first-order valence-electron chi connectivity index (χ1n) is 6.45. The van der Waals surface area contributed by atoms with Crippen LogP contribution in [0.5, 0.6) is 5.75 Å². The van der Waals surface area contributed by atoms with Crippen LogP contribution in [0, 0.1) is 5.92 Å². The van der Waals surface area contributed by atoms with E-state index in [2.05, 4.69) is 10.2 Å². The minimum atomic E-state index is 0.534. The monoisotopic (exact) mass is 277 g/mol. The molecule has 0 aliphatic heterocycles. The molecule has 0 atom stereocenters. The Morgan fingerprint density at radius 1 is 1.37 bits per heavy atom. The largest absolute Gasteiger partial charge is 0.493 e. The van der Waals surface area contributed by atoms with E-state index in [0.717, 1.165) is 23.5 Å². The summed E-state index contributed by atoms with van der Waals surface area (Å²) in [6.45, 7) is 0.765. The van der Waals surface area contributed by atoms with Crippen LogP contribution in [0.15, 0.2) is 24.4 Å². The van der Waals surface area contributed by atoms with Gasteiger partial charge in [-0.15, -0.1) is 0 Å². The number of ether oxygens (including phenoxy) is 1. The molecule has 0 saturated heterocycles. The van der Waals surface area contributed by atoms with E-state index in [4.69, 9.17) is 22.1 Å². The highest BCUT2D eigenvalue weighted by atomic mass is 35.5. The van der Waals surface area contributed by atoms with Gasteiger partial charge in [-0.05, 0) is 42.5 Å². The van der Waals surface area contributed by atoms with Gasteiger partial charge in [-0.1, -0.05) is 18.0 Å². The summed E-state index contributed by atoms with van der Waals surface area (Å²) in [6, 6.07) is 5.64. The highest BCUT2D eigenvalue weighted by Gasteiger charge is 2.18. The van der Waals surface area contributed by atoms with E-state index < -0.39 is 0 Å². The number of nitrogens with zero attached hydrogens (tertiary/aromatic N) is 1. The zero-order valence-corrected chi connectivity index (χ0v) is 11.3. The van der Waals surface area contributed by atoms with Crippen LogP contribution in [0.25, 0.3) is 11.1 Å². The van der Waals surface area contributed by atoms with Crippen LogP contribution in [0.1, 0.15) is 19.3 Å². The molecule has 4 nitrogen and oxygen atoms in total. The number of rotatable bonds is 4. The number of benzene rings is 1. The van der Waals surface area contributed by atoms with Gasteiger partial charge in [-0.3, -0.25) is 5.10 Å². The topological polar surface area (TPSA) is 63.9 Å². The molecule has 0 amide bonds. The molecule has 1 aromatic heterocycles. The van der Waals surface area contributed by atoms with E-state index in [1.54, 1.807) is 6.20 Å². The molecule has 0 bridgehead atoms. The molecule has 2 aromatic rings. The summed E-state index contributed by atoms with van der Waals surface area (Å²) in [6.07, 6.45) is 5.54. The third-order valence-corrected chi connectivity index (χ3v) is 3.78. The van der Waals surface area contributed by atoms with Gasteiger partial charge in [0.1, 0.15) is 11.6 Å². The van der Waals surface area contributed by atoms with Gasteiger partial charge in [-0.25, -0.2) is 0 Å². The fraction of sp³-hybridized carbons (Fsp3) is 0.357. The molecule has 3 rings (SSSR count). The number of nitrogens with two attached hydrogens (primary N) is 1. The quantitative estimate of drug-likeness (QED) is 0.899. The molecular formula is C14H16ClN3O. The molecule has 1 fully saturated rings. The number of nitrogen functional groups attached to an aromatic ring is 1. The Hall–Kier alpha value is -1.68. The molecule has 3 N–H and O–H groups in total. The minimum absolute atomic E-state index is 0.534. The summed E-state index contributed by atoms with van der Waals surface area (Å²) in [4.78, 5) is 0. The first kappa shape index (κ1) is 12.4. The molecule has 1 saturated carbocycles. The highest BCUT2D eigenvalue weighted by Crippen LogP contribution is 2.32. The zero-order chi connectivity index (χ0) is 13.2. The van der Waals surface area contributed by atoms with Crippen molar-refractivity contribution in [3.05, 3.63) is 29.4 Å². The molecule has 100 valence electrons. The lowest BCUT2D eigenvalue weighted by molar-refractivity contribution is 0.180. The molecule has 1 aliphatic rings. The summed E-state index contributed by atoms with van der Waals surface area (Å²) in [5.41, 5.74) is 7.59. The Balaban J connectivity index is 1.81. The van der Waals surface area contributed by atoms with Gasteiger partial charge < -0.3 is 10.5 Å². The van der Waals surface area contributed by atoms with Crippen LogP contribution in [0.3, 0.4) is 0 Å². The Morgan fingerprint density at radius 2 is 2.21 bits per heavy atom. The van der Waals surface area contributed by atoms with E-state index in [0.29, 0.717) is 16.8 Å². The third kappa shape index (κ3) is 2.68. The van der Waals surface area contributed by atoms with Gasteiger partial charge in [0, 0.05) is 10.6 Å². The summed E-state index contributed by atoms with van der Waals surface area (Å²) >= 11 is 6.13. The van der Waals surface area contributed by atoms with Crippen molar-refractivity contribution in [2.45, 2.75) is 19.3 Å². The van der Waals surface area contributed by atoms with Gasteiger partial charge in [-0.2, -0.15) is 5.10 Å². The third-order valence-electron chi connectivity index (χ3n) is 3.56. The van der Waals surface area contributed by atoms with Gasteiger partial charge in [0.2, 0.25) is 0 Å². The van der Waals surface area contributed by atoms with Crippen molar-refractivity contribution in [3.8, 4) is 16.9 Å². The van der Waals surface area contributed by atoms with E-state index in [1.165, 1.54) is 19.3 Å². The SMILES string of the molecule is Nc1[nH]ncc1-c1cc(Cl)cc(OCC2CCC2)c1. The molecule has 1 aromatic carbocycles. The predicted molar refractivity (Wildman–Crippen MR) is 76.3 cm³/mol. The van der Waals surface area contributed by atoms with Crippen LogP contribution < -0.4 is 10.5 Å². The highest BCUT2D eigenvalue weighted by molar-refractivity contribution is 6.31. The molecular weight excluding hydrogens is 262 g/mol. The van der Waals surface area contributed by atoms with Crippen molar-refractivity contribution in [2.75, 3.05) is 12.3 Å². The van der Waals surface area contributed by atoms with Crippen LogP contribution in [0.4, 0.5) is 5.82 Å². The van der Waals surface area contributed by atoms with E-state index in [1.807, 2.05) is 18.2 Å². The van der Waals surface area contributed by atoms with Gasteiger partial charge in [0.25, 0.3) is 0 Å². The summed E-state index contributed by atoms with van der Waals surface area (Å²) in [7, 11) is 0. The average molecular weight is 278 g/mol. The first-order valence-corrected chi connectivity index (χ1v) is 6.83. The molecule has 1 aliphatic carbocycles. The number of hydrogen-bond acceptors (Lipinski definition) is 3. The number of aromatic nitrogens is 2. The van der Waals surface area contributed by atoms with Gasteiger partial charge in [0.05, 0.1) is 12.8 Å². The van der Waals surface area contributed by atoms with Crippen molar-refractivity contribution in [1.82, 2.24) is 10.2 Å². The number of H-pyrrole nitrogens is 1.